The average molecular weight is 469 g/mol. The molecule has 0 radical (unpaired) electrons. The fourth-order valence-corrected chi connectivity index (χ4v) is 6.76. The molecule has 1 N–H and O–H groups in total. The summed E-state index contributed by atoms with van der Waals surface area (Å²) in [6.07, 6.45) is 2.76. The number of ether oxygens (including phenoxy) is 1. The number of sulfone groups is 1. The van der Waals surface area contributed by atoms with E-state index in [2.05, 4.69) is 5.32 Å². The number of carbonyl (C=O) groups excluding carboxylic acids is 2. The van der Waals surface area contributed by atoms with Gasteiger partial charge in [0.25, 0.3) is 5.91 Å². The fraction of sp³-hybridized carbons (Fsp3) is 0.440. The third-order valence-corrected chi connectivity index (χ3v) is 8.64. The van der Waals surface area contributed by atoms with Crippen molar-refractivity contribution in [2.24, 2.45) is 0 Å². The monoisotopic (exact) mass is 468 g/mol. The maximum Gasteiger partial charge on any atom is 0.251 e. The molecular weight excluding hydrogens is 440 g/mol. The Labute approximate surface area is 194 Å². The molecule has 2 fully saturated rings. The lowest BCUT2D eigenvalue weighted by Gasteiger charge is -2.24. The first-order valence-electron chi connectivity index (χ1n) is 11.3. The van der Waals surface area contributed by atoms with Crippen LogP contribution in [0.25, 0.3) is 0 Å². The smallest absolute Gasteiger partial charge is 0.251 e. The number of rotatable bonds is 5. The van der Waals surface area contributed by atoms with Gasteiger partial charge >= 0.3 is 0 Å². The van der Waals surface area contributed by atoms with Crippen LogP contribution in [0.15, 0.2) is 42.5 Å². The molecule has 0 aromatic heterocycles. The topological polar surface area (TPSA) is 92.8 Å². The lowest BCUT2D eigenvalue weighted by molar-refractivity contribution is -0.121. The van der Waals surface area contributed by atoms with Crippen LogP contribution in [0, 0.1) is 0 Å². The van der Waals surface area contributed by atoms with Gasteiger partial charge in [0.2, 0.25) is 5.91 Å². The van der Waals surface area contributed by atoms with Gasteiger partial charge in [-0.05, 0) is 75.9 Å². The van der Waals surface area contributed by atoms with Gasteiger partial charge in [-0.3, -0.25) is 14.5 Å². The number of fused-ring (bicyclic) bond motifs is 1. The Morgan fingerprint density at radius 2 is 1.88 bits per heavy atom. The number of hydrogen-bond donors (Lipinski definition) is 1. The van der Waals surface area contributed by atoms with Gasteiger partial charge in [0.15, 0.2) is 9.84 Å². The summed E-state index contributed by atoms with van der Waals surface area (Å²) >= 11 is 0. The lowest BCUT2D eigenvalue weighted by Crippen LogP contribution is -2.46. The van der Waals surface area contributed by atoms with Crippen molar-refractivity contribution in [2.45, 2.75) is 57.1 Å². The molecule has 1 saturated heterocycles. The largest absolute Gasteiger partial charge is 0.490 e. The highest BCUT2D eigenvalue weighted by Gasteiger charge is 2.45. The number of nitrogens with zero attached hydrogens (tertiary/aromatic N) is 1. The summed E-state index contributed by atoms with van der Waals surface area (Å²) in [5.74, 6) is 0.345. The molecule has 7 nitrogen and oxygen atoms in total. The summed E-state index contributed by atoms with van der Waals surface area (Å²) in [5, 5.41) is 2.90. The quantitative estimate of drug-likeness (QED) is 0.725. The Balaban J connectivity index is 1.45. The van der Waals surface area contributed by atoms with Gasteiger partial charge in [0.1, 0.15) is 5.75 Å². The maximum absolute atomic E-state index is 13.4. The number of benzene rings is 2. The highest BCUT2D eigenvalue weighted by Crippen LogP contribution is 2.46. The second-order valence-electron chi connectivity index (χ2n) is 10.2. The summed E-state index contributed by atoms with van der Waals surface area (Å²) in [5.41, 5.74) is 1.03. The summed E-state index contributed by atoms with van der Waals surface area (Å²) in [6.45, 7) is 5.46. The van der Waals surface area contributed by atoms with Crippen LogP contribution >= 0.6 is 0 Å². The van der Waals surface area contributed by atoms with Crippen molar-refractivity contribution < 1.29 is 22.7 Å². The van der Waals surface area contributed by atoms with Crippen molar-refractivity contribution in [1.82, 2.24) is 5.32 Å². The van der Waals surface area contributed by atoms with Crippen molar-refractivity contribution in [3.05, 3.63) is 53.6 Å². The van der Waals surface area contributed by atoms with Crippen molar-refractivity contribution >= 4 is 33.0 Å². The minimum Gasteiger partial charge on any atom is -0.490 e. The van der Waals surface area contributed by atoms with E-state index in [1.807, 2.05) is 38.1 Å². The third-order valence-electron chi connectivity index (χ3n) is 6.73. The lowest BCUT2D eigenvalue weighted by atomic mass is 9.85. The third kappa shape index (κ3) is 4.01. The van der Waals surface area contributed by atoms with Crippen molar-refractivity contribution in [3.8, 4) is 5.75 Å². The molecule has 2 aliphatic heterocycles. The van der Waals surface area contributed by atoms with Crippen LogP contribution in [0.4, 0.5) is 11.4 Å². The van der Waals surface area contributed by atoms with E-state index in [0.717, 1.165) is 35.5 Å². The standard InChI is InChI=1S/C25H28N2O5S/c1-24(2)20-13-16(22(28)26-25(3)11-12-33(30,31)15-25)7-10-21(20)27(23(24)29)17-5-4-6-19(14-17)32-18-8-9-18/h4-7,10,13-14,18H,8-9,11-12,15H2,1-3H3,(H,26,28)/t25-/m1/s1. The summed E-state index contributed by atoms with van der Waals surface area (Å²) in [7, 11) is -3.14. The average Bonchev–Trinajstić information content (AvgIpc) is 3.47. The van der Waals surface area contributed by atoms with Crippen molar-refractivity contribution in [3.63, 3.8) is 0 Å². The van der Waals surface area contributed by atoms with Crippen LogP contribution in [-0.4, -0.2) is 43.4 Å². The Kier molecular flexibility index (Phi) is 4.87. The molecule has 174 valence electrons. The maximum atomic E-state index is 13.4. The Morgan fingerprint density at radius 3 is 2.55 bits per heavy atom. The number of hydrogen-bond acceptors (Lipinski definition) is 5. The predicted molar refractivity (Wildman–Crippen MR) is 126 cm³/mol. The van der Waals surface area contributed by atoms with Gasteiger partial charge in [-0.15, -0.1) is 0 Å². The molecule has 5 rings (SSSR count). The number of amides is 2. The van der Waals surface area contributed by atoms with Crippen LogP contribution in [0.5, 0.6) is 5.75 Å². The second kappa shape index (κ2) is 7.32. The molecule has 2 aromatic rings. The SMILES string of the molecule is CC1(C)C(=O)N(c2cccc(OC3CC3)c2)c2ccc(C(=O)N[C@]3(C)CCS(=O)(=O)C3)cc21. The molecule has 0 spiro atoms. The number of anilines is 2. The van der Waals surface area contributed by atoms with E-state index in [9.17, 15) is 18.0 Å². The van der Waals surface area contributed by atoms with Crippen LogP contribution in [0.3, 0.4) is 0 Å². The van der Waals surface area contributed by atoms with E-state index in [0.29, 0.717) is 12.0 Å². The van der Waals surface area contributed by atoms with E-state index in [1.165, 1.54) is 0 Å². The molecule has 1 aliphatic carbocycles. The van der Waals surface area contributed by atoms with E-state index in [1.54, 1.807) is 30.0 Å². The number of nitrogens with one attached hydrogen (secondary N) is 1. The number of carbonyl (C=O) groups is 2. The van der Waals surface area contributed by atoms with Crippen molar-refractivity contribution in [1.29, 1.82) is 0 Å². The molecule has 2 aromatic carbocycles. The van der Waals surface area contributed by atoms with Crippen LogP contribution < -0.4 is 15.0 Å². The van der Waals surface area contributed by atoms with Crippen LogP contribution in [0.1, 0.15) is 56.0 Å². The van der Waals surface area contributed by atoms with E-state index < -0.39 is 20.8 Å². The van der Waals surface area contributed by atoms with Crippen LogP contribution in [-0.2, 0) is 20.0 Å². The summed E-state index contributed by atoms with van der Waals surface area (Å²) in [6, 6.07) is 12.8. The summed E-state index contributed by atoms with van der Waals surface area (Å²) in [4.78, 5) is 28.1. The van der Waals surface area contributed by atoms with Gasteiger partial charge < -0.3 is 10.1 Å². The molecule has 0 unspecified atom stereocenters. The first-order valence-corrected chi connectivity index (χ1v) is 13.1. The minimum absolute atomic E-state index is 0.0618. The second-order valence-corrected chi connectivity index (χ2v) is 12.4. The van der Waals surface area contributed by atoms with E-state index in [-0.39, 0.29) is 29.4 Å². The minimum atomic E-state index is -3.14. The zero-order valence-electron chi connectivity index (χ0n) is 19.1. The van der Waals surface area contributed by atoms with Crippen LogP contribution in [0.2, 0.25) is 0 Å². The molecule has 0 bridgehead atoms. The van der Waals surface area contributed by atoms with Gasteiger partial charge in [-0.2, -0.15) is 0 Å². The Hall–Kier alpha value is -2.87. The molecule has 8 heteroatoms. The zero-order chi connectivity index (χ0) is 23.6. The Bertz CT molecular complexity index is 1270. The van der Waals surface area contributed by atoms with Crippen molar-refractivity contribution in [2.75, 3.05) is 16.4 Å². The predicted octanol–water partition coefficient (Wildman–Crippen LogP) is 3.49. The summed E-state index contributed by atoms with van der Waals surface area (Å²) < 4.78 is 29.7. The van der Waals surface area contributed by atoms with Gasteiger partial charge in [-0.25, -0.2) is 8.42 Å². The molecule has 1 atom stereocenters. The molecule has 2 amide bonds. The Morgan fingerprint density at radius 1 is 1.12 bits per heavy atom. The normalized spacial score (nSPS) is 25.1. The molecule has 2 heterocycles. The van der Waals surface area contributed by atoms with Gasteiger partial charge in [0, 0.05) is 11.6 Å². The molecular formula is C25H28N2O5S. The molecule has 3 aliphatic rings. The zero-order valence-corrected chi connectivity index (χ0v) is 19.9. The highest BCUT2D eigenvalue weighted by atomic mass is 32.2. The van der Waals surface area contributed by atoms with Gasteiger partial charge in [-0.1, -0.05) is 6.07 Å². The first kappa shape index (κ1) is 21.9. The highest BCUT2D eigenvalue weighted by molar-refractivity contribution is 7.91. The molecule has 1 saturated carbocycles. The van der Waals surface area contributed by atoms with E-state index in [4.69, 9.17) is 4.74 Å². The van der Waals surface area contributed by atoms with E-state index >= 15 is 0 Å². The first-order chi connectivity index (χ1) is 15.5. The van der Waals surface area contributed by atoms with Gasteiger partial charge in [0.05, 0.1) is 39.9 Å². The fourth-order valence-electron chi connectivity index (χ4n) is 4.66. The molecule has 33 heavy (non-hydrogen) atoms.